The molecule has 0 amide bonds. The highest BCUT2D eigenvalue weighted by Gasteiger charge is 2.29. The first-order chi connectivity index (χ1) is 12.7. The molecular weight excluding hydrogens is 412 g/mol. The van der Waals surface area contributed by atoms with Crippen LogP contribution in [0.25, 0.3) is 5.70 Å². The number of aliphatic imine (C=N–C) groups is 1. The van der Waals surface area contributed by atoms with Crippen LogP contribution in [0.5, 0.6) is 11.5 Å². The Bertz CT molecular complexity index is 922. The molecule has 132 valence electrons. The van der Waals surface area contributed by atoms with Gasteiger partial charge in [-0.05, 0) is 53.4 Å². The van der Waals surface area contributed by atoms with Crippen molar-refractivity contribution >= 4 is 38.6 Å². The molecule has 0 saturated heterocycles. The molecule has 2 aliphatic heterocycles. The van der Waals surface area contributed by atoms with Crippen LogP contribution in [-0.2, 0) is 0 Å². The van der Waals surface area contributed by atoms with Crippen LogP contribution in [-0.4, -0.2) is 24.3 Å². The third-order valence-electron chi connectivity index (χ3n) is 4.36. The van der Waals surface area contributed by atoms with E-state index in [2.05, 4.69) is 44.6 Å². The topological polar surface area (TPSA) is 34.1 Å². The highest BCUT2D eigenvalue weighted by atomic mass is 79.9. The number of benzene rings is 2. The molecule has 0 radical (unpaired) electrons. The van der Waals surface area contributed by atoms with Gasteiger partial charge in [0.25, 0.3) is 0 Å². The summed E-state index contributed by atoms with van der Waals surface area (Å²) in [6, 6.07) is 14.1. The molecule has 1 atom stereocenters. The standard InChI is InChI=1S/C20H17BrN2O2S/c1-24-14-5-3-13(4-6-14)18-12-19(23-9-10-26-20(23)22-18)16-8-7-15(25-2)11-17(16)21/h3-12,19H,1-2H3. The predicted octanol–water partition coefficient (Wildman–Crippen LogP) is 5.44. The Morgan fingerprint density at radius 1 is 1.04 bits per heavy atom. The molecule has 26 heavy (non-hydrogen) atoms. The minimum Gasteiger partial charge on any atom is -0.497 e. The number of fused-ring (bicyclic) bond motifs is 1. The second-order valence-corrected chi connectivity index (χ2v) is 7.54. The molecule has 0 N–H and O–H groups in total. The summed E-state index contributed by atoms with van der Waals surface area (Å²) in [5.41, 5.74) is 3.19. The van der Waals surface area contributed by atoms with E-state index in [1.807, 2.05) is 36.4 Å². The number of amidine groups is 1. The molecule has 4 nitrogen and oxygen atoms in total. The van der Waals surface area contributed by atoms with E-state index in [0.29, 0.717) is 0 Å². The molecule has 4 rings (SSSR count). The lowest BCUT2D eigenvalue weighted by Crippen LogP contribution is -2.27. The quantitative estimate of drug-likeness (QED) is 0.649. The number of thioether (sulfide) groups is 1. The van der Waals surface area contributed by atoms with Crippen LogP contribution in [0.15, 0.2) is 69.6 Å². The van der Waals surface area contributed by atoms with Gasteiger partial charge in [0.1, 0.15) is 11.5 Å². The Kier molecular flexibility index (Phi) is 4.78. The van der Waals surface area contributed by atoms with Crippen LogP contribution in [0.4, 0.5) is 0 Å². The van der Waals surface area contributed by atoms with E-state index in [1.54, 1.807) is 26.0 Å². The van der Waals surface area contributed by atoms with Crippen LogP contribution in [0.1, 0.15) is 17.2 Å². The number of ether oxygens (including phenoxy) is 2. The minimum absolute atomic E-state index is 0.0612. The van der Waals surface area contributed by atoms with Crippen molar-refractivity contribution in [2.45, 2.75) is 6.04 Å². The van der Waals surface area contributed by atoms with Gasteiger partial charge in [0.15, 0.2) is 5.17 Å². The van der Waals surface area contributed by atoms with Gasteiger partial charge >= 0.3 is 0 Å². The van der Waals surface area contributed by atoms with Crippen LogP contribution in [0.2, 0.25) is 0 Å². The molecule has 0 fully saturated rings. The highest BCUT2D eigenvalue weighted by molar-refractivity contribution is 9.10. The van der Waals surface area contributed by atoms with Gasteiger partial charge in [-0.15, -0.1) is 0 Å². The van der Waals surface area contributed by atoms with E-state index in [1.165, 1.54) is 0 Å². The third kappa shape index (κ3) is 3.15. The second kappa shape index (κ2) is 7.21. The first kappa shape index (κ1) is 17.2. The van der Waals surface area contributed by atoms with Gasteiger partial charge in [-0.1, -0.05) is 33.8 Å². The summed E-state index contributed by atoms with van der Waals surface area (Å²) in [5.74, 6) is 1.67. The van der Waals surface area contributed by atoms with E-state index in [0.717, 1.165) is 38.0 Å². The molecule has 2 aromatic rings. The molecule has 1 unspecified atom stereocenters. The summed E-state index contributed by atoms with van der Waals surface area (Å²) in [6.45, 7) is 0. The lowest BCUT2D eigenvalue weighted by molar-refractivity contribution is 0.413. The fourth-order valence-electron chi connectivity index (χ4n) is 2.98. The Hall–Kier alpha value is -2.18. The normalized spacial score (nSPS) is 18.3. The second-order valence-electron chi connectivity index (χ2n) is 5.82. The zero-order valence-corrected chi connectivity index (χ0v) is 16.8. The fraction of sp³-hybridized carbons (Fsp3) is 0.150. The zero-order valence-electron chi connectivity index (χ0n) is 14.3. The Labute approximate surface area is 165 Å². The van der Waals surface area contributed by atoms with Crippen molar-refractivity contribution in [1.29, 1.82) is 0 Å². The molecule has 2 aliphatic rings. The molecule has 2 aromatic carbocycles. The number of hydrogen-bond acceptors (Lipinski definition) is 5. The average molecular weight is 429 g/mol. The summed E-state index contributed by atoms with van der Waals surface area (Å²) in [5, 5.41) is 3.04. The molecule has 0 aromatic heterocycles. The zero-order chi connectivity index (χ0) is 18.1. The van der Waals surface area contributed by atoms with Gasteiger partial charge in [0, 0.05) is 16.2 Å². The van der Waals surface area contributed by atoms with Gasteiger partial charge in [-0.25, -0.2) is 4.99 Å². The largest absolute Gasteiger partial charge is 0.497 e. The number of nitrogens with zero attached hydrogens (tertiary/aromatic N) is 2. The number of methoxy groups -OCH3 is 2. The SMILES string of the molecule is COc1ccc(C2=CC(c3ccc(OC)cc3Br)N3C=CSC3=N2)cc1. The first-order valence-electron chi connectivity index (χ1n) is 8.09. The first-order valence-corrected chi connectivity index (χ1v) is 9.77. The maximum Gasteiger partial charge on any atom is 0.173 e. The van der Waals surface area contributed by atoms with Gasteiger partial charge < -0.3 is 14.4 Å². The number of rotatable bonds is 4. The Balaban J connectivity index is 1.76. The molecule has 0 saturated carbocycles. The van der Waals surface area contributed by atoms with Crippen molar-refractivity contribution in [1.82, 2.24) is 4.90 Å². The molecular formula is C20H17BrN2O2S. The van der Waals surface area contributed by atoms with Crippen LogP contribution in [0, 0.1) is 0 Å². The molecule has 6 heteroatoms. The van der Waals surface area contributed by atoms with E-state index in [9.17, 15) is 0 Å². The Morgan fingerprint density at radius 3 is 2.46 bits per heavy atom. The van der Waals surface area contributed by atoms with E-state index < -0.39 is 0 Å². The van der Waals surface area contributed by atoms with Gasteiger partial charge in [0.05, 0.1) is 26.0 Å². The lowest BCUT2D eigenvalue weighted by atomic mass is 10.0. The summed E-state index contributed by atoms with van der Waals surface area (Å²) < 4.78 is 11.6. The molecule has 0 bridgehead atoms. The maximum absolute atomic E-state index is 5.32. The Morgan fingerprint density at radius 2 is 1.77 bits per heavy atom. The molecule has 0 spiro atoms. The van der Waals surface area contributed by atoms with Gasteiger partial charge in [-0.3, -0.25) is 0 Å². The van der Waals surface area contributed by atoms with Crippen molar-refractivity contribution in [3.63, 3.8) is 0 Å². The summed E-state index contributed by atoms with van der Waals surface area (Å²) in [6.07, 6.45) is 4.26. The average Bonchev–Trinajstić information content (AvgIpc) is 3.16. The highest BCUT2D eigenvalue weighted by Crippen LogP contribution is 2.41. The summed E-state index contributed by atoms with van der Waals surface area (Å²) >= 11 is 5.33. The lowest BCUT2D eigenvalue weighted by Gasteiger charge is -2.30. The maximum atomic E-state index is 5.32. The van der Waals surface area contributed by atoms with E-state index in [-0.39, 0.29) is 6.04 Å². The van der Waals surface area contributed by atoms with E-state index in [4.69, 9.17) is 14.5 Å². The molecule has 0 aliphatic carbocycles. The van der Waals surface area contributed by atoms with Crippen LogP contribution in [0.3, 0.4) is 0 Å². The fourth-order valence-corrected chi connectivity index (χ4v) is 4.34. The predicted molar refractivity (Wildman–Crippen MR) is 110 cm³/mol. The third-order valence-corrected chi connectivity index (χ3v) is 5.82. The smallest absolute Gasteiger partial charge is 0.173 e. The summed E-state index contributed by atoms with van der Waals surface area (Å²) in [7, 11) is 3.35. The monoisotopic (exact) mass is 428 g/mol. The van der Waals surface area contributed by atoms with Crippen molar-refractivity contribution in [3.8, 4) is 11.5 Å². The number of halogens is 1. The van der Waals surface area contributed by atoms with Crippen molar-refractivity contribution in [3.05, 3.63) is 75.7 Å². The van der Waals surface area contributed by atoms with Crippen LogP contribution >= 0.6 is 27.7 Å². The van der Waals surface area contributed by atoms with Gasteiger partial charge in [0.2, 0.25) is 0 Å². The van der Waals surface area contributed by atoms with Crippen LogP contribution < -0.4 is 9.47 Å². The summed E-state index contributed by atoms with van der Waals surface area (Å²) in [4.78, 5) is 7.02. The van der Waals surface area contributed by atoms with Crippen molar-refractivity contribution in [2.24, 2.45) is 4.99 Å². The van der Waals surface area contributed by atoms with Gasteiger partial charge in [-0.2, -0.15) is 0 Å². The minimum atomic E-state index is 0.0612. The number of hydrogen-bond donors (Lipinski definition) is 0. The molecule has 2 heterocycles. The van der Waals surface area contributed by atoms with E-state index >= 15 is 0 Å². The van der Waals surface area contributed by atoms with Crippen molar-refractivity contribution in [2.75, 3.05) is 14.2 Å². The van der Waals surface area contributed by atoms with Crippen molar-refractivity contribution < 1.29 is 9.47 Å².